The molecule has 0 radical (unpaired) electrons. The van der Waals surface area contributed by atoms with Crippen molar-refractivity contribution >= 4 is 16.8 Å². The molecule has 2 atom stereocenters. The van der Waals surface area contributed by atoms with Gasteiger partial charge in [0, 0.05) is 37.3 Å². The van der Waals surface area contributed by atoms with Gasteiger partial charge in [-0.15, -0.1) is 0 Å². The summed E-state index contributed by atoms with van der Waals surface area (Å²) in [6, 6.07) is 15.5. The maximum atomic E-state index is 13.0. The van der Waals surface area contributed by atoms with Crippen LogP contribution in [0.1, 0.15) is 34.5 Å². The minimum atomic E-state index is -0.842. The molecule has 1 aliphatic heterocycles. The van der Waals surface area contributed by atoms with Crippen LogP contribution in [0, 0.1) is 0 Å². The van der Waals surface area contributed by atoms with E-state index in [-0.39, 0.29) is 11.9 Å². The van der Waals surface area contributed by atoms with Crippen LogP contribution >= 0.6 is 0 Å². The lowest BCUT2D eigenvalue weighted by Crippen LogP contribution is -2.42. The van der Waals surface area contributed by atoms with Crippen molar-refractivity contribution in [1.29, 1.82) is 0 Å². The van der Waals surface area contributed by atoms with Crippen LogP contribution in [-0.4, -0.2) is 49.7 Å². The molecule has 4 heterocycles. The Balaban J connectivity index is 1.40. The Bertz CT molecular complexity index is 1280. The molecule has 1 aliphatic rings. The molecule has 1 fully saturated rings. The number of fused-ring (bicyclic) bond motifs is 1. The summed E-state index contributed by atoms with van der Waals surface area (Å²) in [5.41, 5.74) is 4.82. The standard InChI is InChI=1S/C25H25N5O3/c1-30-10-8-22(29-30)21-7-6-16(15-26-21)12-17-13-23(28-20-5-3-2-4-19(17)20)25(32)27-18-9-11-33-24(31)14-18/h2-8,10,13,15,18,24,31H,9,11-12,14H2,1H3,(H,27,32). The van der Waals surface area contributed by atoms with Crippen LogP contribution in [0.4, 0.5) is 0 Å². The zero-order chi connectivity index (χ0) is 22.8. The number of para-hydroxylation sites is 1. The highest BCUT2D eigenvalue weighted by Gasteiger charge is 2.23. The normalized spacial score (nSPS) is 18.4. The number of carbonyl (C=O) groups is 1. The molecule has 8 nitrogen and oxygen atoms in total. The molecule has 4 aromatic rings. The molecule has 8 heteroatoms. The Kier molecular flexibility index (Phi) is 5.85. The van der Waals surface area contributed by atoms with Crippen molar-refractivity contribution < 1.29 is 14.6 Å². The average Bonchev–Trinajstić information content (AvgIpc) is 3.26. The van der Waals surface area contributed by atoms with Gasteiger partial charge in [-0.25, -0.2) is 4.98 Å². The Morgan fingerprint density at radius 1 is 1.21 bits per heavy atom. The van der Waals surface area contributed by atoms with Gasteiger partial charge in [0.1, 0.15) is 11.4 Å². The number of pyridine rings is 2. The molecule has 0 aliphatic carbocycles. The van der Waals surface area contributed by atoms with E-state index >= 15 is 0 Å². The number of amides is 1. The van der Waals surface area contributed by atoms with Gasteiger partial charge in [0.2, 0.25) is 0 Å². The SMILES string of the molecule is Cn1ccc(-c2ccc(Cc3cc(C(=O)NC4CCOC(O)C4)nc4ccccc34)cn2)n1. The van der Waals surface area contributed by atoms with E-state index in [0.29, 0.717) is 31.6 Å². The highest BCUT2D eigenvalue weighted by Crippen LogP contribution is 2.23. The summed E-state index contributed by atoms with van der Waals surface area (Å²) >= 11 is 0. The number of hydrogen-bond acceptors (Lipinski definition) is 6. The Morgan fingerprint density at radius 2 is 2.09 bits per heavy atom. The van der Waals surface area contributed by atoms with E-state index in [9.17, 15) is 9.90 Å². The minimum absolute atomic E-state index is 0.138. The van der Waals surface area contributed by atoms with E-state index in [1.54, 1.807) is 4.68 Å². The van der Waals surface area contributed by atoms with Gasteiger partial charge in [0.15, 0.2) is 6.29 Å². The first-order valence-electron chi connectivity index (χ1n) is 11.0. The number of carbonyl (C=O) groups excluding carboxylic acids is 1. The van der Waals surface area contributed by atoms with E-state index in [1.807, 2.05) is 68.0 Å². The van der Waals surface area contributed by atoms with Crippen molar-refractivity contribution in [3.8, 4) is 11.4 Å². The third kappa shape index (κ3) is 4.76. The molecule has 168 valence electrons. The van der Waals surface area contributed by atoms with Gasteiger partial charge in [0.05, 0.1) is 17.8 Å². The van der Waals surface area contributed by atoms with Gasteiger partial charge in [-0.1, -0.05) is 24.3 Å². The molecule has 33 heavy (non-hydrogen) atoms. The predicted octanol–water partition coefficient (Wildman–Crippen LogP) is 2.85. The van der Waals surface area contributed by atoms with E-state index in [2.05, 4.69) is 20.4 Å². The molecule has 0 bridgehead atoms. The molecular formula is C25H25N5O3. The van der Waals surface area contributed by atoms with Crippen molar-refractivity contribution in [2.24, 2.45) is 7.05 Å². The summed E-state index contributed by atoms with van der Waals surface area (Å²) in [5.74, 6) is -0.246. The third-order valence-corrected chi connectivity index (χ3v) is 5.83. The second kappa shape index (κ2) is 9.09. The molecule has 2 N–H and O–H groups in total. The zero-order valence-electron chi connectivity index (χ0n) is 18.3. The second-order valence-electron chi connectivity index (χ2n) is 8.31. The number of ether oxygens (including phenoxy) is 1. The molecule has 2 unspecified atom stereocenters. The molecule has 1 aromatic carbocycles. The van der Waals surface area contributed by atoms with Crippen molar-refractivity contribution in [1.82, 2.24) is 25.1 Å². The Morgan fingerprint density at radius 3 is 2.85 bits per heavy atom. The monoisotopic (exact) mass is 443 g/mol. The van der Waals surface area contributed by atoms with Gasteiger partial charge in [-0.05, 0) is 48.2 Å². The number of aliphatic hydroxyl groups is 1. The quantitative estimate of drug-likeness (QED) is 0.492. The highest BCUT2D eigenvalue weighted by molar-refractivity contribution is 5.96. The lowest BCUT2D eigenvalue weighted by Gasteiger charge is -2.26. The highest BCUT2D eigenvalue weighted by atomic mass is 16.6. The van der Waals surface area contributed by atoms with Crippen LogP contribution in [0.3, 0.4) is 0 Å². The largest absolute Gasteiger partial charge is 0.368 e. The summed E-state index contributed by atoms with van der Waals surface area (Å²) in [4.78, 5) is 22.1. The minimum Gasteiger partial charge on any atom is -0.368 e. The fraction of sp³-hybridized carbons (Fsp3) is 0.280. The van der Waals surface area contributed by atoms with Crippen LogP contribution in [0.25, 0.3) is 22.3 Å². The summed E-state index contributed by atoms with van der Waals surface area (Å²) < 4.78 is 6.91. The van der Waals surface area contributed by atoms with Crippen LogP contribution in [0.15, 0.2) is 60.9 Å². The molecule has 5 rings (SSSR count). The topological polar surface area (TPSA) is 102 Å². The summed E-state index contributed by atoms with van der Waals surface area (Å²) in [7, 11) is 1.88. The molecule has 1 saturated heterocycles. The van der Waals surface area contributed by atoms with Gasteiger partial charge in [-0.3, -0.25) is 14.5 Å². The Hall–Kier alpha value is -3.62. The maximum Gasteiger partial charge on any atom is 0.270 e. The van der Waals surface area contributed by atoms with E-state index in [1.165, 1.54) is 0 Å². The molecule has 0 saturated carbocycles. The van der Waals surface area contributed by atoms with Crippen LogP contribution in [-0.2, 0) is 18.2 Å². The van der Waals surface area contributed by atoms with Gasteiger partial charge < -0.3 is 15.2 Å². The smallest absolute Gasteiger partial charge is 0.270 e. The maximum absolute atomic E-state index is 13.0. The lowest BCUT2D eigenvalue weighted by atomic mass is 10.0. The number of hydrogen-bond donors (Lipinski definition) is 2. The van der Waals surface area contributed by atoms with Gasteiger partial charge >= 0.3 is 0 Å². The Labute approximate surface area is 191 Å². The van der Waals surface area contributed by atoms with Crippen molar-refractivity contribution in [3.63, 3.8) is 0 Å². The van der Waals surface area contributed by atoms with Crippen LogP contribution in [0.5, 0.6) is 0 Å². The van der Waals surface area contributed by atoms with E-state index < -0.39 is 6.29 Å². The van der Waals surface area contributed by atoms with E-state index in [4.69, 9.17) is 4.74 Å². The average molecular weight is 444 g/mol. The fourth-order valence-corrected chi connectivity index (χ4v) is 4.13. The lowest BCUT2D eigenvalue weighted by molar-refractivity contribution is -0.130. The third-order valence-electron chi connectivity index (χ3n) is 5.83. The molecule has 1 amide bonds. The van der Waals surface area contributed by atoms with Crippen molar-refractivity contribution in [2.45, 2.75) is 31.6 Å². The summed E-state index contributed by atoms with van der Waals surface area (Å²) in [6.07, 6.45) is 4.56. The molecule has 0 spiro atoms. The summed E-state index contributed by atoms with van der Waals surface area (Å²) in [5, 5.41) is 18.1. The predicted molar refractivity (Wildman–Crippen MR) is 123 cm³/mol. The van der Waals surface area contributed by atoms with Gasteiger partial charge in [0.25, 0.3) is 5.91 Å². The zero-order valence-corrected chi connectivity index (χ0v) is 18.3. The first-order valence-corrected chi connectivity index (χ1v) is 11.0. The second-order valence-corrected chi connectivity index (χ2v) is 8.31. The van der Waals surface area contributed by atoms with Crippen molar-refractivity contribution in [3.05, 3.63) is 77.7 Å². The number of nitrogens with one attached hydrogen (secondary N) is 1. The summed E-state index contributed by atoms with van der Waals surface area (Å²) in [6.45, 7) is 0.421. The van der Waals surface area contributed by atoms with Crippen LogP contribution < -0.4 is 5.32 Å². The number of benzene rings is 1. The van der Waals surface area contributed by atoms with Crippen LogP contribution in [0.2, 0.25) is 0 Å². The molecule has 3 aromatic heterocycles. The van der Waals surface area contributed by atoms with Crippen molar-refractivity contribution in [2.75, 3.05) is 6.61 Å². The first kappa shape index (κ1) is 21.2. The van der Waals surface area contributed by atoms with Gasteiger partial charge in [-0.2, -0.15) is 5.10 Å². The number of aliphatic hydroxyl groups excluding tert-OH is 1. The number of aryl methyl sites for hydroxylation is 1. The van der Waals surface area contributed by atoms with E-state index in [0.717, 1.165) is 33.4 Å². The first-order chi connectivity index (χ1) is 16.0. The number of rotatable bonds is 5. The fourth-order valence-electron chi connectivity index (χ4n) is 4.13. The molecular weight excluding hydrogens is 418 g/mol. The number of nitrogens with zero attached hydrogens (tertiary/aromatic N) is 4. The number of aromatic nitrogens is 4.